The first-order valence-electron chi connectivity index (χ1n) is 6.10. The van der Waals surface area contributed by atoms with Crippen molar-refractivity contribution in [2.45, 2.75) is 13.8 Å². The number of hydrogen-bond acceptors (Lipinski definition) is 3. The minimum absolute atomic E-state index is 0.00291. The molecule has 0 aliphatic rings. The van der Waals surface area contributed by atoms with E-state index in [1.165, 1.54) is 6.20 Å². The molecule has 2 rings (SSSR count). The Kier molecular flexibility index (Phi) is 3.70. The standard InChI is InChI=1S/C15H15FN2O2/c1-9-4-5-12(10(2)8-9)18(3)14-13(16)11(15(19)20)6-7-17-14/h4-8H,1-3H3,(H,19,20). The van der Waals surface area contributed by atoms with Crippen LogP contribution in [0.15, 0.2) is 30.5 Å². The first-order valence-corrected chi connectivity index (χ1v) is 6.10. The third kappa shape index (κ3) is 2.47. The van der Waals surface area contributed by atoms with Crippen LogP contribution in [-0.2, 0) is 0 Å². The second-order valence-corrected chi connectivity index (χ2v) is 4.65. The minimum Gasteiger partial charge on any atom is -0.478 e. The number of nitrogens with zero attached hydrogens (tertiary/aromatic N) is 2. The van der Waals surface area contributed by atoms with Gasteiger partial charge in [0, 0.05) is 18.9 Å². The average molecular weight is 274 g/mol. The number of aromatic nitrogens is 1. The van der Waals surface area contributed by atoms with Crippen molar-refractivity contribution in [2.75, 3.05) is 11.9 Å². The summed E-state index contributed by atoms with van der Waals surface area (Å²) in [5.74, 6) is -2.14. The summed E-state index contributed by atoms with van der Waals surface area (Å²) in [7, 11) is 1.66. The van der Waals surface area contributed by atoms with Gasteiger partial charge in [0.2, 0.25) is 0 Å². The number of halogens is 1. The zero-order chi connectivity index (χ0) is 14.9. The molecular formula is C15H15FN2O2. The van der Waals surface area contributed by atoms with Gasteiger partial charge in [-0.3, -0.25) is 0 Å². The Morgan fingerprint density at radius 1 is 1.30 bits per heavy atom. The summed E-state index contributed by atoms with van der Waals surface area (Å²) in [5, 5.41) is 8.95. The van der Waals surface area contributed by atoms with Crippen LogP contribution in [0, 0.1) is 19.7 Å². The molecule has 1 heterocycles. The molecule has 0 amide bonds. The lowest BCUT2D eigenvalue weighted by Gasteiger charge is -2.21. The summed E-state index contributed by atoms with van der Waals surface area (Å²) in [6.45, 7) is 3.89. The van der Waals surface area contributed by atoms with E-state index in [1.807, 2.05) is 32.0 Å². The lowest BCUT2D eigenvalue weighted by Crippen LogP contribution is -2.16. The van der Waals surface area contributed by atoms with E-state index in [-0.39, 0.29) is 11.4 Å². The van der Waals surface area contributed by atoms with Gasteiger partial charge in [0.1, 0.15) is 5.56 Å². The van der Waals surface area contributed by atoms with E-state index < -0.39 is 11.8 Å². The van der Waals surface area contributed by atoms with E-state index in [1.54, 1.807) is 11.9 Å². The monoisotopic (exact) mass is 274 g/mol. The van der Waals surface area contributed by atoms with Gasteiger partial charge >= 0.3 is 5.97 Å². The number of carboxylic acid groups (broad SMARTS) is 1. The summed E-state index contributed by atoms with van der Waals surface area (Å²) < 4.78 is 14.2. The van der Waals surface area contributed by atoms with Crippen LogP contribution in [0.3, 0.4) is 0 Å². The van der Waals surface area contributed by atoms with E-state index in [0.717, 1.165) is 22.9 Å². The Bertz CT molecular complexity index is 671. The normalized spacial score (nSPS) is 10.4. The van der Waals surface area contributed by atoms with E-state index in [2.05, 4.69) is 4.98 Å². The fraction of sp³-hybridized carbons (Fsp3) is 0.200. The second kappa shape index (κ2) is 5.28. The van der Waals surface area contributed by atoms with Crippen LogP contribution in [0.25, 0.3) is 0 Å². The molecule has 104 valence electrons. The van der Waals surface area contributed by atoms with Crippen molar-refractivity contribution >= 4 is 17.5 Å². The molecule has 0 unspecified atom stereocenters. The van der Waals surface area contributed by atoms with Crippen LogP contribution in [-0.4, -0.2) is 23.1 Å². The first kappa shape index (κ1) is 14.0. The third-order valence-electron chi connectivity index (χ3n) is 3.13. The van der Waals surface area contributed by atoms with Crippen molar-refractivity contribution in [3.63, 3.8) is 0 Å². The number of rotatable bonds is 3. The van der Waals surface area contributed by atoms with Gasteiger partial charge in [-0.15, -0.1) is 0 Å². The number of carboxylic acids is 1. The molecular weight excluding hydrogens is 259 g/mol. The quantitative estimate of drug-likeness (QED) is 0.933. The minimum atomic E-state index is -1.31. The summed E-state index contributed by atoms with van der Waals surface area (Å²) in [6.07, 6.45) is 1.29. The van der Waals surface area contributed by atoms with Crippen molar-refractivity contribution in [2.24, 2.45) is 0 Å². The van der Waals surface area contributed by atoms with E-state index in [9.17, 15) is 9.18 Å². The smallest absolute Gasteiger partial charge is 0.338 e. The van der Waals surface area contributed by atoms with E-state index in [0.29, 0.717) is 0 Å². The predicted octanol–water partition coefficient (Wildman–Crippen LogP) is 3.30. The predicted molar refractivity (Wildman–Crippen MR) is 75.1 cm³/mol. The van der Waals surface area contributed by atoms with Gasteiger partial charge in [0.15, 0.2) is 11.6 Å². The van der Waals surface area contributed by atoms with Crippen molar-refractivity contribution in [3.8, 4) is 0 Å². The highest BCUT2D eigenvalue weighted by Gasteiger charge is 2.19. The highest BCUT2D eigenvalue weighted by molar-refractivity contribution is 5.89. The lowest BCUT2D eigenvalue weighted by atomic mass is 10.1. The molecule has 0 aliphatic heterocycles. The first-order chi connectivity index (χ1) is 9.41. The van der Waals surface area contributed by atoms with Crippen LogP contribution in [0.4, 0.5) is 15.9 Å². The molecule has 4 nitrogen and oxygen atoms in total. The topological polar surface area (TPSA) is 53.4 Å². The Balaban J connectivity index is 2.51. The van der Waals surface area contributed by atoms with Crippen molar-refractivity contribution in [1.29, 1.82) is 0 Å². The number of hydrogen-bond donors (Lipinski definition) is 1. The molecule has 1 aromatic heterocycles. The molecule has 0 atom stereocenters. The fourth-order valence-corrected chi connectivity index (χ4v) is 2.13. The average Bonchev–Trinajstić information content (AvgIpc) is 2.38. The van der Waals surface area contributed by atoms with Crippen LogP contribution in [0.1, 0.15) is 21.5 Å². The maximum Gasteiger partial charge on any atom is 0.338 e. The number of aryl methyl sites for hydroxylation is 2. The molecule has 20 heavy (non-hydrogen) atoms. The fourth-order valence-electron chi connectivity index (χ4n) is 2.13. The van der Waals surface area contributed by atoms with Crippen molar-refractivity contribution in [1.82, 2.24) is 4.98 Å². The highest BCUT2D eigenvalue weighted by Crippen LogP contribution is 2.28. The highest BCUT2D eigenvalue weighted by atomic mass is 19.1. The number of aromatic carboxylic acids is 1. The molecule has 2 aromatic rings. The maximum atomic E-state index is 14.2. The van der Waals surface area contributed by atoms with Gasteiger partial charge in [-0.05, 0) is 31.5 Å². The number of benzene rings is 1. The molecule has 1 N–H and O–H groups in total. The molecule has 0 fully saturated rings. The molecule has 0 spiro atoms. The van der Waals surface area contributed by atoms with Crippen LogP contribution < -0.4 is 4.90 Å². The van der Waals surface area contributed by atoms with Crippen LogP contribution in [0.5, 0.6) is 0 Å². The molecule has 1 aromatic carbocycles. The van der Waals surface area contributed by atoms with Gasteiger partial charge in [0.05, 0.1) is 0 Å². The summed E-state index contributed by atoms with van der Waals surface area (Å²) in [4.78, 5) is 16.5. The number of carbonyl (C=O) groups is 1. The lowest BCUT2D eigenvalue weighted by molar-refractivity contribution is 0.0692. The zero-order valence-electron chi connectivity index (χ0n) is 11.5. The van der Waals surface area contributed by atoms with Gasteiger partial charge in [-0.1, -0.05) is 17.7 Å². The Morgan fingerprint density at radius 3 is 2.60 bits per heavy atom. The SMILES string of the molecule is Cc1ccc(N(C)c2nccc(C(=O)O)c2F)c(C)c1. The molecule has 0 aliphatic carbocycles. The summed E-state index contributed by atoms with van der Waals surface area (Å²) in [5.41, 5.74) is 2.47. The second-order valence-electron chi connectivity index (χ2n) is 4.65. The van der Waals surface area contributed by atoms with Crippen LogP contribution >= 0.6 is 0 Å². The van der Waals surface area contributed by atoms with Crippen molar-refractivity contribution in [3.05, 3.63) is 53.0 Å². The van der Waals surface area contributed by atoms with Gasteiger partial charge in [-0.2, -0.15) is 0 Å². The Morgan fingerprint density at radius 2 is 2.00 bits per heavy atom. The van der Waals surface area contributed by atoms with E-state index >= 15 is 0 Å². The molecule has 0 saturated heterocycles. The molecule has 0 radical (unpaired) electrons. The van der Waals surface area contributed by atoms with Crippen molar-refractivity contribution < 1.29 is 14.3 Å². The molecule has 5 heteroatoms. The molecule has 0 saturated carbocycles. The van der Waals surface area contributed by atoms with Gasteiger partial charge < -0.3 is 10.0 Å². The van der Waals surface area contributed by atoms with Gasteiger partial charge in [-0.25, -0.2) is 14.2 Å². The Labute approximate surface area is 116 Å². The van der Waals surface area contributed by atoms with E-state index in [4.69, 9.17) is 5.11 Å². The summed E-state index contributed by atoms with van der Waals surface area (Å²) in [6, 6.07) is 6.90. The Hall–Kier alpha value is -2.43. The number of pyridine rings is 1. The molecule has 0 bridgehead atoms. The van der Waals surface area contributed by atoms with Gasteiger partial charge in [0.25, 0.3) is 0 Å². The maximum absolute atomic E-state index is 14.2. The largest absolute Gasteiger partial charge is 0.478 e. The third-order valence-corrected chi connectivity index (χ3v) is 3.13. The zero-order valence-corrected chi connectivity index (χ0v) is 11.5. The summed E-state index contributed by atoms with van der Waals surface area (Å²) >= 11 is 0. The number of anilines is 2. The van der Waals surface area contributed by atoms with Crippen LogP contribution in [0.2, 0.25) is 0 Å².